The summed E-state index contributed by atoms with van der Waals surface area (Å²) in [7, 11) is 1.89. The van der Waals surface area contributed by atoms with Gasteiger partial charge in [-0.05, 0) is 43.2 Å². The highest BCUT2D eigenvalue weighted by Crippen LogP contribution is 2.32. The Morgan fingerprint density at radius 3 is 3.00 bits per heavy atom. The highest BCUT2D eigenvalue weighted by Gasteiger charge is 2.35. The zero-order valence-corrected chi connectivity index (χ0v) is 12.8. The van der Waals surface area contributed by atoms with Crippen molar-refractivity contribution in [2.75, 3.05) is 7.05 Å². The van der Waals surface area contributed by atoms with Crippen molar-refractivity contribution in [3.8, 4) is 0 Å². The molecule has 3 rings (SSSR count). The fourth-order valence-corrected chi connectivity index (χ4v) is 3.80. The standard InChI is InChI=1S/C17H25N3O/c1-20(12-13-5-4-10-18-11-13)17(21)16-9-8-14-6-2-3-7-15(14)19-16/h4-5,10-11,14-16,19H,2-3,6-9,12H2,1H3. The second-order valence-electron chi connectivity index (χ2n) is 6.50. The van der Waals surface area contributed by atoms with Gasteiger partial charge >= 0.3 is 0 Å². The Bertz CT molecular complexity index is 476. The third kappa shape index (κ3) is 3.43. The van der Waals surface area contributed by atoms with Crippen LogP contribution in [0.25, 0.3) is 0 Å². The minimum absolute atomic E-state index is 0.00558. The monoisotopic (exact) mass is 287 g/mol. The molecule has 1 amide bonds. The number of hydrogen-bond acceptors (Lipinski definition) is 3. The quantitative estimate of drug-likeness (QED) is 0.928. The predicted octanol–water partition coefficient (Wildman–Crippen LogP) is 2.35. The number of aromatic nitrogens is 1. The van der Waals surface area contributed by atoms with E-state index < -0.39 is 0 Å². The maximum atomic E-state index is 12.6. The first-order valence-electron chi connectivity index (χ1n) is 8.14. The number of rotatable bonds is 3. The van der Waals surface area contributed by atoms with Crippen molar-refractivity contribution < 1.29 is 4.79 Å². The fourth-order valence-electron chi connectivity index (χ4n) is 3.80. The maximum absolute atomic E-state index is 12.6. The topological polar surface area (TPSA) is 45.2 Å². The van der Waals surface area contributed by atoms with Gasteiger partial charge in [0, 0.05) is 32.0 Å². The molecule has 2 fully saturated rings. The number of carbonyl (C=O) groups is 1. The van der Waals surface area contributed by atoms with Gasteiger partial charge in [-0.15, -0.1) is 0 Å². The second kappa shape index (κ2) is 6.56. The third-order valence-electron chi connectivity index (χ3n) is 4.97. The normalized spacial score (nSPS) is 28.7. The molecule has 1 N–H and O–H groups in total. The second-order valence-corrected chi connectivity index (χ2v) is 6.50. The van der Waals surface area contributed by atoms with Crippen molar-refractivity contribution in [1.82, 2.24) is 15.2 Å². The van der Waals surface area contributed by atoms with Crippen LogP contribution < -0.4 is 5.32 Å². The molecule has 21 heavy (non-hydrogen) atoms. The van der Waals surface area contributed by atoms with Crippen LogP contribution in [-0.4, -0.2) is 34.9 Å². The Morgan fingerprint density at radius 1 is 1.33 bits per heavy atom. The van der Waals surface area contributed by atoms with Crippen molar-refractivity contribution in [3.63, 3.8) is 0 Å². The van der Waals surface area contributed by atoms with Crippen molar-refractivity contribution in [2.24, 2.45) is 5.92 Å². The number of likely N-dealkylation sites (N-methyl/N-ethyl adjacent to an activating group) is 1. The van der Waals surface area contributed by atoms with Gasteiger partial charge in [0.2, 0.25) is 5.91 Å². The number of nitrogens with one attached hydrogen (secondary N) is 1. The molecule has 4 heteroatoms. The minimum Gasteiger partial charge on any atom is -0.340 e. The highest BCUT2D eigenvalue weighted by atomic mass is 16.2. The summed E-state index contributed by atoms with van der Waals surface area (Å²) in [5.41, 5.74) is 1.08. The van der Waals surface area contributed by atoms with Crippen molar-refractivity contribution >= 4 is 5.91 Å². The van der Waals surface area contributed by atoms with E-state index >= 15 is 0 Å². The van der Waals surface area contributed by atoms with Crippen LogP contribution in [0.15, 0.2) is 24.5 Å². The Hall–Kier alpha value is -1.42. The summed E-state index contributed by atoms with van der Waals surface area (Å²) in [6, 6.07) is 4.50. The molecule has 1 aliphatic heterocycles. The Morgan fingerprint density at radius 2 is 2.19 bits per heavy atom. The summed E-state index contributed by atoms with van der Waals surface area (Å²) >= 11 is 0. The number of amides is 1. The van der Waals surface area contributed by atoms with Crippen LogP contribution in [0.3, 0.4) is 0 Å². The molecule has 0 aromatic carbocycles. The molecular weight excluding hydrogens is 262 g/mol. The summed E-state index contributed by atoms with van der Waals surface area (Å²) in [6.07, 6.45) is 11.0. The van der Waals surface area contributed by atoms with Gasteiger partial charge in [-0.2, -0.15) is 0 Å². The van der Waals surface area contributed by atoms with E-state index in [-0.39, 0.29) is 11.9 Å². The maximum Gasteiger partial charge on any atom is 0.239 e. The predicted molar refractivity (Wildman–Crippen MR) is 82.6 cm³/mol. The first-order chi connectivity index (χ1) is 10.2. The number of carbonyl (C=O) groups excluding carboxylic acids is 1. The van der Waals surface area contributed by atoms with E-state index in [1.807, 2.05) is 30.3 Å². The molecule has 4 nitrogen and oxygen atoms in total. The average molecular weight is 287 g/mol. The smallest absolute Gasteiger partial charge is 0.239 e. The lowest BCUT2D eigenvalue weighted by Gasteiger charge is -2.40. The van der Waals surface area contributed by atoms with Gasteiger partial charge in [-0.25, -0.2) is 0 Å². The zero-order valence-electron chi connectivity index (χ0n) is 12.8. The molecule has 1 aromatic rings. The SMILES string of the molecule is CN(Cc1cccnc1)C(=O)C1CCC2CCCCC2N1. The van der Waals surface area contributed by atoms with E-state index in [9.17, 15) is 4.79 Å². The first kappa shape index (κ1) is 14.5. The summed E-state index contributed by atoms with van der Waals surface area (Å²) in [6.45, 7) is 0.638. The molecule has 3 unspecified atom stereocenters. The lowest BCUT2D eigenvalue weighted by molar-refractivity contribution is -0.134. The molecule has 1 aliphatic carbocycles. The number of pyridine rings is 1. The zero-order chi connectivity index (χ0) is 14.7. The van der Waals surface area contributed by atoms with E-state index in [0.717, 1.165) is 17.9 Å². The first-order valence-corrected chi connectivity index (χ1v) is 8.14. The number of hydrogen-bond donors (Lipinski definition) is 1. The molecule has 2 heterocycles. The Kier molecular flexibility index (Phi) is 4.54. The molecule has 0 spiro atoms. The van der Waals surface area contributed by atoms with Crippen molar-refractivity contribution in [3.05, 3.63) is 30.1 Å². The van der Waals surface area contributed by atoms with Crippen LogP contribution in [0, 0.1) is 5.92 Å². The van der Waals surface area contributed by atoms with Gasteiger partial charge in [0.15, 0.2) is 0 Å². The minimum atomic E-state index is 0.00558. The molecule has 1 saturated carbocycles. The van der Waals surface area contributed by atoms with Crippen molar-refractivity contribution in [1.29, 1.82) is 0 Å². The molecule has 3 atom stereocenters. The van der Waals surface area contributed by atoms with Gasteiger partial charge in [0.25, 0.3) is 0 Å². The van der Waals surface area contributed by atoms with Crippen LogP contribution in [-0.2, 0) is 11.3 Å². The van der Waals surface area contributed by atoms with Gasteiger partial charge in [-0.1, -0.05) is 18.9 Å². The van der Waals surface area contributed by atoms with E-state index in [1.54, 1.807) is 6.20 Å². The van der Waals surface area contributed by atoms with E-state index in [1.165, 1.54) is 32.1 Å². The Labute approximate surface area is 126 Å². The fraction of sp³-hybridized carbons (Fsp3) is 0.647. The molecule has 114 valence electrons. The highest BCUT2D eigenvalue weighted by molar-refractivity contribution is 5.81. The summed E-state index contributed by atoms with van der Waals surface area (Å²) < 4.78 is 0. The summed E-state index contributed by atoms with van der Waals surface area (Å²) in [5.74, 6) is 1.02. The largest absolute Gasteiger partial charge is 0.340 e. The molecule has 1 saturated heterocycles. The number of piperidine rings is 1. The van der Waals surface area contributed by atoms with Gasteiger partial charge in [0.1, 0.15) is 0 Å². The number of fused-ring (bicyclic) bond motifs is 1. The molecule has 0 radical (unpaired) electrons. The van der Waals surface area contributed by atoms with Gasteiger partial charge in [-0.3, -0.25) is 9.78 Å². The van der Waals surface area contributed by atoms with Crippen molar-refractivity contribution in [2.45, 2.75) is 57.2 Å². The van der Waals surface area contributed by atoms with Crippen LogP contribution in [0.4, 0.5) is 0 Å². The average Bonchev–Trinajstić information content (AvgIpc) is 2.54. The molecule has 0 bridgehead atoms. The summed E-state index contributed by atoms with van der Waals surface area (Å²) in [5, 5.41) is 3.62. The van der Waals surface area contributed by atoms with Crippen LogP contribution in [0.2, 0.25) is 0 Å². The molecular formula is C17H25N3O. The van der Waals surface area contributed by atoms with E-state index in [2.05, 4.69) is 10.3 Å². The Balaban J connectivity index is 1.57. The lowest BCUT2D eigenvalue weighted by Crippen LogP contribution is -2.55. The van der Waals surface area contributed by atoms with Crippen LogP contribution >= 0.6 is 0 Å². The number of nitrogens with zero attached hydrogens (tertiary/aromatic N) is 2. The van der Waals surface area contributed by atoms with Crippen LogP contribution in [0.5, 0.6) is 0 Å². The molecule has 2 aliphatic rings. The van der Waals surface area contributed by atoms with E-state index in [4.69, 9.17) is 0 Å². The third-order valence-corrected chi connectivity index (χ3v) is 4.97. The van der Waals surface area contributed by atoms with Gasteiger partial charge in [0.05, 0.1) is 6.04 Å². The summed E-state index contributed by atoms with van der Waals surface area (Å²) in [4.78, 5) is 18.6. The molecule has 1 aromatic heterocycles. The van der Waals surface area contributed by atoms with Crippen LogP contribution in [0.1, 0.15) is 44.1 Å². The van der Waals surface area contributed by atoms with Gasteiger partial charge < -0.3 is 10.2 Å². The lowest BCUT2D eigenvalue weighted by atomic mass is 9.77. The van der Waals surface area contributed by atoms with E-state index in [0.29, 0.717) is 12.6 Å².